The number of aromatic nitrogens is 2. The van der Waals surface area contributed by atoms with Crippen LogP contribution < -0.4 is 11.1 Å². The second kappa shape index (κ2) is 8.42. The Labute approximate surface area is 204 Å². The van der Waals surface area contributed by atoms with E-state index in [-0.39, 0.29) is 40.5 Å². The Morgan fingerprint density at radius 3 is 2.86 bits per heavy atom. The lowest BCUT2D eigenvalue weighted by Gasteiger charge is -2.27. The fraction of sp³-hybridized carbons (Fsp3) is 0.231. The van der Waals surface area contributed by atoms with Gasteiger partial charge in [0.1, 0.15) is 11.5 Å². The van der Waals surface area contributed by atoms with Gasteiger partial charge in [0.25, 0.3) is 11.8 Å². The highest BCUT2D eigenvalue weighted by Gasteiger charge is 2.54. The summed E-state index contributed by atoms with van der Waals surface area (Å²) in [6, 6.07) is 15.3. The maximum absolute atomic E-state index is 13.9. The van der Waals surface area contributed by atoms with Gasteiger partial charge < -0.3 is 16.0 Å². The summed E-state index contributed by atoms with van der Waals surface area (Å²) in [7, 11) is 0. The van der Waals surface area contributed by atoms with E-state index < -0.39 is 0 Å². The van der Waals surface area contributed by atoms with Crippen molar-refractivity contribution >= 4 is 39.2 Å². The van der Waals surface area contributed by atoms with Crippen molar-refractivity contribution in [3.05, 3.63) is 77.9 Å². The van der Waals surface area contributed by atoms with Crippen LogP contribution >= 0.6 is 11.3 Å². The molecule has 1 aliphatic carbocycles. The number of hydrogen-bond acceptors (Lipinski definition) is 6. The van der Waals surface area contributed by atoms with E-state index in [4.69, 9.17) is 5.73 Å². The number of benzene rings is 2. The predicted octanol–water partition coefficient (Wildman–Crippen LogP) is 4.11. The van der Waals surface area contributed by atoms with Gasteiger partial charge in [0, 0.05) is 24.2 Å². The minimum atomic E-state index is -0.388. The fourth-order valence-corrected chi connectivity index (χ4v) is 5.91. The number of carbonyl (C=O) groups excluding carboxylic acids is 2. The molecule has 3 atom stereocenters. The van der Waals surface area contributed by atoms with E-state index in [0.717, 1.165) is 23.7 Å². The number of pyridine rings is 1. The molecule has 2 fully saturated rings. The van der Waals surface area contributed by atoms with E-state index in [2.05, 4.69) is 15.3 Å². The predicted molar refractivity (Wildman–Crippen MR) is 132 cm³/mol. The van der Waals surface area contributed by atoms with Gasteiger partial charge in [-0.15, -0.1) is 0 Å². The van der Waals surface area contributed by atoms with Crippen LogP contribution in [0.1, 0.15) is 33.7 Å². The highest BCUT2D eigenvalue weighted by atomic mass is 32.1. The Bertz CT molecular complexity index is 1470. The summed E-state index contributed by atoms with van der Waals surface area (Å²) in [5, 5.41) is 4.06. The molecular formula is C26H22FN5O2S. The number of halogens is 1. The molecule has 4 aromatic rings. The molecule has 2 aromatic carbocycles. The third-order valence-corrected chi connectivity index (χ3v) is 7.70. The monoisotopic (exact) mass is 487 g/mol. The summed E-state index contributed by atoms with van der Waals surface area (Å²) in [4.78, 5) is 37.7. The molecule has 7 nitrogen and oxygen atoms in total. The maximum Gasteiger partial charge on any atom is 0.274 e. The van der Waals surface area contributed by atoms with Gasteiger partial charge in [-0.25, -0.2) is 9.37 Å². The van der Waals surface area contributed by atoms with Crippen LogP contribution in [0.15, 0.2) is 60.8 Å². The molecule has 35 heavy (non-hydrogen) atoms. The number of piperidine rings is 1. The van der Waals surface area contributed by atoms with Crippen molar-refractivity contribution in [2.24, 2.45) is 5.92 Å². The van der Waals surface area contributed by atoms with Crippen LogP contribution in [-0.4, -0.2) is 45.3 Å². The number of thiazole rings is 1. The normalized spacial score (nSPS) is 20.6. The maximum atomic E-state index is 13.9. The summed E-state index contributed by atoms with van der Waals surface area (Å²) in [5.41, 5.74) is 8.08. The van der Waals surface area contributed by atoms with Crippen molar-refractivity contribution in [1.29, 1.82) is 0 Å². The molecule has 6 rings (SSSR count). The Balaban J connectivity index is 1.23. The van der Waals surface area contributed by atoms with Crippen LogP contribution in [0.5, 0.6) is 0 Å². The van der Waals surface area contributed by atoms with Crippen LogP contribution in [-0.2, 0) is 0 Å². The molecule has 2 aromatic heterocycles. The molecule has 0 radical (unpaired) electrons. The van der Waals surface area contributed by atoms with Gasteiger partial charge in [0.05, 0.1) is 22.0 Å². The lowest BCUT2D eigenvalue weighted by Crippen LogP contribution is -2.45. The zero-order valence-corrected chi connectivity index (χ0v) is 19.5. The minimum absolute atomic E-state index is 0.134. The molecule has 3 N–H and O–H groups in total. The smallest absolute Gasteiger partial charge is 0.274 e. The third kappa shape index (κ3) is 3.91. The summed E-state index contributed by atoms with van der Waals surface area (Å²) >= 11 is 1.17. The summed E-state index contributed by atoms with van der Waals surface area (Å²) < 4.78 is 13.9. The van der Waals surface area contributed by atoms with E-state index >= 15 is 0 Å². The Hall–Kier alpha value is -3.85. The number of nitrogens with one attached hydrogen (secondary N) is 1. The molecule has 1 saturated carbocycles. The van der Waals surface area contributed by atoms with Crippen LogP contribution in [0.2, 0.25) is 0 Å². The van der Waals surface area contributed by atoms with Crippen molar-refractivity contribution in [2.75, 3.05) is 12.3 Å². The number of carbonyl (C=O) groups is 2. The summed E-state index contributed by atoms with van der Waals surface area (Å²) in [5.74, 6) is -0.387. The first-order valence-electron chi connectivity index (χ1n) is 11.5. The number of nitrogens with zero attached hydrogens (tertiary/aromatic N) is 3. The SMILES string of the molecule is Nc1nc(C(=O)N2C3CC3C[C@H]2CNC(=O)c2ccnc3ccccc23)c(-c2cccc(F)c2)s1. The molecule has 0 spiro atoms. The number of hydrogen-bond donors (Lipinski definition) is 2. The number of rotatable bonds is 5. The first kappa shape index (κ1) is 21.7. The molecule has 9 heteroatoms. The third-order valence-electron chi connectivity index (χ3n) is 6.77. The summed E-state index contributed by atoms with van der Waals surface area (Å²) in [6.45, 7) is 0.336. The average Bonchev–Trinajstić information content (AvgIpc) is 3.35. The molecule has 1 saturated heterocycles. The highest BCUT2D eigenvalue weighted by molar-refractivity contribution is 7.19. The number of amides is 2. The van der Waals surface area contributed by atoms with E-state index in [1.54, 1.807) is 24.4 Å². The number of fused-ring (bicyclic) bond motifs is 2. The largest absolute Gasteiger partial charge is 0.375 e. The zero-order chi connectivity index (χ0) is 24.1. The van der Waals surface area contributed by atoms with Crippen LogP contribution in [0, 0.1) is 11.7 Å². The van der Waals surface area contributed by atoms with Gasteiger partial charge in [-0.3, -0.25) is 14.6 Å². The van der Waals surface area contributed by atoms with E-state index in [9.17, 15) is 14.0 Å². The molecule has 2 aliphatic rings. The van der Waals surface area contributed by atoms with E-state index in [1.807, 2.05) is 29.2 Å². The first-order valence-corrected chi connectivity index (χ1v) is 12.3. The fourth-order valence-electron chi connectivity index (χ4n) is 5.09. The Morgan fingerprint density at radius 2 is 2.00 bits per heavy atom. The molecular weight excluding hydrogens is 465 g/mol. The van der Waals surface area contributed by atoms with Crippen LogP contribution in [0.25, 0.3) is 21.3 Å². The molecule has 2 unspecified atom stereocenters. The second-order valence-corrected chi connectivity index (χ2v) is 10.0. The number of para-hydroxylation sites is 1. The van der Waals surface area contributed by atoms with Crippen molar-refractivity contribution in [2.45, 2.75) is 24.9 Å². The van der Waals surface area contributed by atoms with Gasteiger partial charge in [0.2, 0.25) is 0 Å². The van der Waals surface area contributed by atoms with Gasteiger partial charge in [-0.05, 0) is 48.6 Å². The van der Waals surface area contributed by atoms with Gasteiger partial charge in [0.15, 0.2) is 5.13 Å². The van der Waals surface area contributed by atoms with Gasteiger partial charge in [-0.1, -0.05) is 41.7 Å². The molecule has 2 amide bonds. The first-order chi connectivity index (χ1) is 17.0. The molecule has 1 aliphatic heterocycles. The van der Waals surface area contributed by atoms with Crippen LogP contribution in [0.4, 0.5) is 9.52 Å². The molecule has 3 heterocycles. The number of anilines is 1. The summed E-state index contributed by atoms with van der Waals surface area (Å²) in [6.07, 6.45) is 3.39. The van der Waals surface area contributed by atoms with Gasteiger partial charge in [-0.2, -0.15) is 0 Å². The lowest BCUT2D eigenvalue weighted by atomic mass is 10.1. The second-order valence-electron chi connectivity index (χ2n) is 8.99. The quantitative estimate of drug-likeness (QED) is 0.441. The highest BCUT2D eigenvalue weighted by Crippen LogP contribution is 2.49. The van der Waals surface area contributed by atoms with Crippen molar-refractivity contribution in [3.8, 4) is 10.4 Å². The molecule has 0 bridgehead atoms. The van der Waals surface area contributed by atoms with Crippen molar-refractivity contribution in [1.82, 2.24) is 20.2 Å². The van der Waals surface area contributed by atoms with Crippen LogP contribution in [0.3, 0.4) is 0 Å². The van der Waals surface area contributed by atoms with Gasteiger partial charge >= 0.3 is 0 Å². The Kier molecular flexibility index (Phi) is 5.21. The van der Waals surface area contributed by atoms with E-state index in [1.165, 1.54) is 23.5 Å². The minimum Gasteiger partial charge on any atom is -0.375 e. The lowest BCUT2D eigenvalue weighted by molar-refractivity contribution is 0.0685. The van der Waals surface area contributed by atoms with Crippen molar-refractivity contribution in [3.63, 3.8) is 0 Å². The Morgan fingerprint density at radius 1 is 1.14 bits per heavy atom. The zero-order valence-electron chi connectivity index (χ0n) is 18.6. The topological polar surface area (TPSA) is 101 Å². The number of likely N-dealkylation sites (tertiary alicyclic amines) is 1. The number of nitrogen functional groups attached to an aromatic ring is 1. The van der Waals surface area contributed by atoms with Crippen molar-refractivity contribution < 1.29 is 14.0 Å². The average molecular weight is 488 g/mol. The molecule has 176 valence electrons. The number of nitrogens with two attached hydrogens (primary N) is 1. The van der Waals surface area contributed by atoms with E-state index in [0.29, 0.717) is 28.5 Å². The standard InChI is InChI=1S/C26H22FN5O2S/c27-16-5-3-4-14(10-16)23-22(31-26(28)35-23)25(34)32-17(11-15-12-21(15)32)13-30-24(33)19-8-9-29-20-7-2-1-6-18(19)20/h1-10,15,17,21H,11-13H2,(H2,28,31)(H,30,33)/t15?,17-,21?/m0/s1.